The molecule has 4 rings (SSSR count). The Bertz CT molecular complexity index is 1320. The van der Waals surface area contributed by atoms with Gasteiger partial charge < -0.3 is 20.1 Å². The number of methoxy groups -OCH3 is 1. The highest BCUT2D eigenvalue weighted by atomic mass is 19.3. The second-order valence-electron chi connectivity index (χ2n) is 15.0. The molecular formula is C35H48F2N2O4. The first-order valence-electron chi connectivity index (χ1n) is 15.2. The Morgan fingerprint density at radius 3 is 2.21 bits per heavy atom. The lowest BCUT2D eigenvalue weighted by Crippen LogP contribution is -2.48. The van der Waals surface area contributed by atoms with E-state index >= 15 is 0 Å². The molecule has 2 N–H and O–H groups in total. The number of benzene rings is 2. The van der Waals surface area contributed by atoms with Gasteiger partial charge in [0, 0.05) is 43.3 Å². The third-order valence-electron chi connectivity index (χ3n) is 9.38. The number of amides is 1. The van der Waals surface area contributed by atoms with Crippen molar-refractivity contribution in [3.8, 4) is 5.75 Å². The number of aliphatic carboxylic acids is 1. The summed E-state index contributed by atoms with van der Waals surface area (Å²) < 4.78 is 34.3. The quantitative estimate of drug-likeness (QED) is 0.332. The molecule has 1 aliphatic heterocycles. The van der Waals surface area contributed by atoms with E-state index in [1.165, 1.54) is 4.90 Å². The maximum atomic E-state index is 14.3. The molecule has 8 heteroatoms. The molecule has 2 aromatic rings. The van der Waals surface area contributed by atoms with Crippen LogP contribution in [0.5, 0.6) is 5.75 Å². The molecule has 43 heavy (non-hydrogen) atoms. The zero-order valence-electron chi connectivity index (χ0n) is 26.8. The molecule has 236 valence electrons. The fourth-order valence-corrected chi connectivity index (χ4v) is 7.27. The average Bonchev–Trinajstić information content (AvgIpc) is 3.40. The van der Waals surface area contributed by atoms with Crippen LogP contribution in [0.1, 0.15) is 96.9 Å². The first-order valence-corrected chi connectivity index (χ1v) is 15.2. The molecule has 0 radical (unpaired) electrons. The lowest BCUT2D eigenvalue weighted by molar-refractivity contribution is -0.153. The van der Waals surface area contributed by atoms with Gasteiger partial charge in [0.25, 0.3) is 0 Å². The van der Waals surface area contributed by atoms with Crippen molar-refractivity contribution in [1.29, 1.82) is 0 Å². The van der Waals surface area contributed by atoms with Gasteiger partial charge in [-0.2, -0.15) is 0 Å². The van der Waals surface area contributed by atoms with Gasteiger partial charge in [0.1, 0.15) is 11.8 Å². The molecular weight excluding hydrogens is 550 g/mol. The predicted molar refractivity (Wildman–Crippen MR) is 164 cm³/mol. The molecule has 1 aliphatic carbocycles. The minimum Gasteiger partial charge on any atom is -0.496 e. The van der Waals surface area contributed by atoms with Gasteiger partial charge in [-0.15, -0.1) is 0 Å². The molecule has 2 aromatic carbocycles. The maximum absolute atomic E-state index is 14.3. The van der Waals surface area contributed by atoms with E-state index in [1.807, 2.05) is 57.2 Å². The molecule has 2 fully saturated rings. The summed E-state index contributed by atoms with van der Waals surface area (Å²) in [7, 11) is 1.63. The second-order valence-corrected chi connectivity index (χ2v) is 15.0. The van der Waals surface area contributed by atoms with Crippen LogP contribution in [0.2, 0.25) is 0 Å². The molecule has 0 bridgehead atoms. The van der Waals surface area contributed by atoms with Crippen LogP contribution in [0, 0.1) is 16.7 Å². The number of likely N-dealkylation sites (tertiary alicyclic amines) is 1. The summed E-state index contributed by atoms with van der Waals surface area (Å²) in [5.41, 5.74) is 1.40. The molecule has 1 heterocycles. The Morgan fingerprint density at radius 1 is 1.05 bits per heavy atom. The molecule has 5 atom stereocenters. The zero-order valence-corrected chi connectivity index (χ0v) is 26.8. The van der Waals surface area contributed by atoms with E-state index in [2.05, 4.69) is 38.2 Å². The van der Waals surface area contributed by atoms with E-state index < -0.39 is 52.7 Å². The fraction of sp³-hybridized carbons (Fsp3) is 0.600. The van der Waals surface area contributed by atoms with Gasteiger partial charge in [-0.05, 0) is 39.9 Å². The molecule has 1 unspecified atom stereocenters. The number of nitrogens with zero attached hydrogens (tertiary/aromatic N) is 1. The molecule has 1 amide bonds. The van der Waals surface area contributed by atoms with Crippen LogP contribution in [0.4, 0.5) is 8.78 Å². The Morgan fingerprint density at radius 2 is 1.70 bits per heavy atom. The van der Waals surface area contributed by atoms with Crippen molar-refractivity contribution in [1.82, 2.24) is 10.2 Å². The van der Waals surface area contributed by atoms with Gasteiger partial charge in [-0.25, -0.2) is 13.6 Å². The smallest absolute Gasteiger partial charge is 0.326 e. The number of alkyl halides is 2. The summed E-state index contributed by atoms with van der Waals surface area (Å²) in [5.74, 6) is -4.06. The van der Waals surface area contributed by atoms with Crippen molar-refractivity contribution in [2.75, 3.05) is 7.11 Å². The maximum Gasteiger partial charge on any atom is 0.326 e. The number of carboxylic acid groups (broad SMARTS) is 1. The lowest BCUT2D eigenvalue weighted by Gasteiger charge is -2.35. The number of nitrogens with one attached hydrogen (secondary N) is 1. The summed E-state index contributed by atoms with van der Waals surface area (Å²) in [5, 5.41) is 14.4. The average molecular weight is 599 g/mol. The van der Waals surface area contributed by atoms with Gasteiger partial charge in [-0.3, -0.25) is 4.79 Å². The Balaban J connectivity index is 1.79. The summed E-state index contributed by atoms with van der Waals surface area (Å²) in [6, 6.07) is 13.4. The fourth-order valence-electron chi connectivity index (χ4n) is 7.27. The number of ether oxygens (including phenoxy) is 1. The van der Waals surface area contributed by atoms with Crippen LogP contribution in [-0.2, 0) is 21.5 Å². The number of hydrogen-bond donors (Lipinski definition) is 2. The molecule has 1 saturated heterocycles. The van der Waals surface area contributed by atoms with Crippen molar-refractivity contribution >= 4 is 11.9 Å². The minimum atomic E-state index is -2.82. The topological polar surface area (TPSA) is 78.9 Å². The third kappa shape index (κ3) is 7.05. The normalized spacial score (nSPS) is 27.3. The largest absolute Gasteiger partial charge is 0.496 e. The van der Waals surface area contributed by atoms with E-state index in [1.54, 1.807) is 14.0 Å². The third-order valence-corrected chi connectivity index (χ3v) is 9.38. The lowest BCUT2D eigenvalue weighted by atomic mass is 9.72. The Hall–Kier alpha value is -3.00. The van der Waals surface area contributed by atoms with E-state index in [0.29, 0.717) is 6.54 Å². The van der Waals surface area contributed by atoms with Crippen molar-refractivity contribution in [3.05, 3.63) is 65.2 Å². The predicted octanol–water partition coefficient (Wildman–Crippen LogP) is 7.37. The van der Waals surface area contributed by atoms with Crippen LogP contribution < -0.4 is 10.1 Å². The van der Waals surface area contributed by atoms with Crippen molar-refractivity contribution in [2.45, 2.75) is 110 Å². The second kappa shape index (κ2) is 11.8. The summed E-state index contributed by atoms with van der Waals surface area (Å²) in [6.45, 7) is 14.5. The minimum absolute atomic E-state index is 0.0837. The summed E-state index contributed by atoms with van der Waals surface area (Å²) >= 11 is 0. The number of hydrogen-bond acceptors (Lipinski definition) is 4. The van der Waals surface area contributed by atoms with Crippen LogP contribution >= 0.6 is 0 Å². The Labute approximate surface area is 255 Å². The van der Waals surface area contributed by atoms with Gasteiger partial charge in [0.2, 0.25) is 11.8 Å². The van der Waals surface area contributed by atoms with E-state index in [9.17, 15) is 23.5 Å². The first-order chi connectivity index (χ1) is 19.9. The molecule has 0 aromatic heterocycles. The van der Waals surface area contributed by atoms with Gasteiger partial charge >= 0.3 is 5.97 Å². The van der Waals surface area contributed by atoms with Crippen molar-refractivity contribution in [2.24, 2.45) is 16.7 Å². The number of rotatable bonds is 8. The highest BCUT2D eigenvalue weighted by Crippen LogP contribution is 2.52. The Kier molecular flexibility index (Phi) is 9.05. The molecule has 1 saturated carbocycles. The number of carbonyl (C=O) groups is 2. The van der Waals surface area contributed by atoms with Crippen LogP contribution in [0.15, 0.2) is 48.5 Å². The highest BCUT2D eigenvalue weighted by molar-refractivity contribution is 5.86. The monoisotopic (exact) mass is 598 g/mol. The molecule has 0 spiro atoms. The first kappa shape index (κ1) is 32.9. The number of halogens is 2. The van der Waals surface area contributed by atoms with E-state index in [0.717, 1.165) is 22.4 Å². The van der Waals surface area contributed by atoms with Gasteiger partial charge in [0.05, 0.1) is 13.2 Å². The molecule has 6 nitrogen and oxygen atoms in total. The van der Waals surface area contributed by atoms with E-state index in [4.69, 9.17) is 4.74 Å². The van der Waals surface area contributed by atoms with Gasteiger partial charge in [0.15, 0.2) is 0 Å². The summed E-state index contributed by atoms with van der Waals surface area (Å²) in [4.78, 5) is 28.8. The zero-order chi connectivity index (χ0) is 32.0. The van der Waals surface area contributed by atoms with Gasteiger partial charge in [-0.1, -0.05) is 90.9 Å². The van der Waals surface area contributed by atoms with E-state index in [-0.39, 0.29) is 31.1 Å². The van der Waals surface area contributed by atoms with Crippen LogP contribution in [0.3, 0.4) is 0 Å². The number of carboxylic acids is 1. The standard InChI is InChI=1S/C35H48F2N2O4/c1-32(2,3)24-14-15-25(43-8)23(18-24)20-38-28-27(33(4,5)6)30(31(41)42)39(29(28)22-12-10-9-11-13-22)26(40)19-34(7)16-17-35(36,37)21-34/h9-15,18,27-30,38H,16-17,19-21H2,1-8H3,(H,41,42)/t27-,28-,29-,30-,34?/m0/s1. The van der Waals surface area contributed by atoms with Crippen molar-refractivity contribution < 1.29 is 28.2 Å². The van der Waals surface area contributed by atoms with Crippen LogP contribution in [-0.4, -0.2) is 47.0 Å². The summed E-state index contributed by atoms with van der Waals surface area (Å²) in [6.07, 6.45) is -0.532. The number of carbonyl (C=O) groups excluding carboxylic acids is 1. The molecule has 2 aliphatic rings. The highest BCUT2D eigenvalue weighted by Gasteiger charge is 2.59. The van der Waals surface area contributed by atoms with Crippen molar-refractivity contribution in [3.63, 3.8) is 0 Å². The SMILES string of the molecule is COc1ccc(C(C)(C)C)cc1CN[C@H]1[C@H](C(C)(C)C)[C@@H](C(=O)O)N(C(=O)CC2(C)CCC(F)(F)C2)[C@H]1c1ccccc1. The van der Waals surface area contributed by atoms with Crippen LogP contribution in [0.25, 0.3) is 0 Å².